The Kier molecular flexibility index (Phi) is 3.65. The molecule has 1 fully saturated rings. The van der Waals surface area contributed by atoms with E-state index in [4.69, 9.17) is 10.5 Å². The van der Waals surface area contributed by atoms with Gasteiger partial charge >= 0.3 is 5.97 Å². The van der Waals surface area contributed by atoms with Crippen LogP contribution < -0.4 is 5.73 Å². The van der Waals surface area contributed by atoms with Crippen LogP contribution >= 0.6 is 0 Å². The van der Waals surface area contributed by atoms with Crippen molar-refractivity contribution >= 4 is 5.97 Å². The van der Waals surface area contributed by atoms with Gasteiger partial charge in [0.1, 0.15) is 5.82 Å². The number of nitrogens with zero attached hydrogens (tertiary/aromatic N) is 2. The Labute approximate surface area is 106 Å². The predicted molar refractivity (Wildman–Crippen MR) is 65.8 cm³/mol. The molecule has 0 aliphatic heterocycles. The summed E-state index contributed by atoms with van der Waals surface area (Å²) >= 11 is 0. The third-order valence-corrected chi connectivity index (χ3v) is 3.58. The van der Waals surface area contributed by atoms with Crippen LogP contribution in [0.15, 0.2) is 0 Å². The van der Waals surface area contributed by atoms with E-state index in [1.54, 1.807) is 6.92 Å². The van der Waals surface area contributed by atoms with Crippen molar-refractivity contribution in [3.63, 3.8) is 0 Å². The quantitative estimate of drug-likeness (QED) is 0.792. The second kappa shape index (κ2) is 5.06. The van der Waals surface area contributed by atoms with E-state index in [0.29, 0.717) is 18.3 Å². The fourth-order valence-corrected chi connectivity index (χ4v) is 2.29. The first-order valence-corrected chi connectivity index (χ1v) is 6.44. The second-order valence-electron chi connectivity index (χ2n) is 5.07. The van der Waals surface area contributed by atoms with Gasteiger partial charge in [-0.2, -0.15) is 0 Å². The molecule has 6 nitrogen and oxygen atoms in total. The summed E-state index contributed by atoms with van der Waals surface area (Å²) in [4.78, 5) is 15.7. The van der Waals surface area contributed by atoms with Gasteiger partial charge in [0.25, 0.3) is 5.82 Å². The summed E-state index contributed by atoms with van der Waals surface area (Å²) in [6.45, 7) is 4.29. The van der Waals surface area contributed by atoms with Crippen molar-refractivity contribution < 1.29 is 9.53 Å². The molecule has 0 amide bonds. The van der Waals surface area contributed by atoms with E-state index in [9.17, 15) is 4.79 Å². The topological polar surface area (TPSA) is 93.9 Å². The number of ether oxygens (including phenoxy) is 1. The Hall–Kier alpha value is -1.43. The molecule has 0 saturated heterocycles. The molecular weight excluding hydrogens is 232 g/mol. The molecule has 0 aromatic carbocycles. The van der Waals surface area contributed by atoms with Gasteiger partial charge in [0, 0.05) is 0 Å². The zero-order valence-corrected chi connectivity index (χ0v) is 10.9. The minimum atomic E-state index is -0.507. The van der Waals surface area contributed by atoms with Crippen molar-refractivity contribution in [3.8, 4) is 0 Å². The van der Waals surface area contributed by atoms with Gasteiger partial charge in [0.2, 0.25) is 0 Å². The van der Waals surface area contributed by atoms with Gasteiger partial charge in [-0.25, -0.2) is 9.78 Å². The maximum absolute atomic E-state index is 11.5. The Morgan fingerprint density at radius 1 is 1.56 bits per heavy atom. The summed E-state index contributed by atoms with van der Waals surface area (Å²) in [5.74, 6) is 0.856. The summed E-state index contributed by atoms with van der Waals surface area (Å²) in [5.41, 5.74) is 5.86. The lowest BCUT2D eigenvalue weighted by Crippen LogP contribution is -2.41. The highest BCUT2D eigenvalue weighted by Crippen LogP contribution is 2.35. The van der Waals surface area contributed by atoms with Gasteiger partial charge in [-0.3, -0.25) is 5.10 Å². The van der Waals surface area contributed by atoms with Gasteiger partial charge in [-0.05, 0) is 38.5 Å². The minimum Gasteiger partial charge on any atom is -0.460 e. The molecule has 1 aromatic heterocycles. The third-order valence-electron chi connectivity index (χ3n) is 3.58. The summed E-state index contributed by atoms with van der Waals surface area (Å²) in [6.07, 6.45) is 3.88. The Bertz CT molecular complexity index is 421. The number of aromatic nitrogens is 3. The molecule has 1 aliphatic carbocycles. The second-order valence-corrected chi connectivity index (χ2v) is 5.07. The molecule has 2 rings (SSSR count). The number of nitrogens with two attached hydrogens (primary N) is 1. The van der Waals surface area contributed by atoms with Crippen molar-refractivity contribution in [2.75, 3.05) is 6.61 Å². The number of hydrogen-bond donors (Lipinski definition) is 2. The van der Waals surface area contributed by atoms with Gasteiger partial charge in [-0.1, -0.05) is 6.92 Å². The summed E-state index contributed by atoms with van der Waals surface area (Å²) in [6, 6.07) is 0. The molecule has 1 saturated carbocycles. The molecule has 1 aliphatic rings. The van der Waals surface area contributed by atoms with Gasteiger partial charge in [0.05, 0.1) is 12.1 Å². The first kappa shape index (κ1) is 13.0. The van der Waals surface area contributed by atoms with Gasteiger partial charge < -0.3 is 10.5 Å². The molecule has 1 heterocycles. The van der Waals surface area contributed by atoms with E-state index in [0.717, 1.165) is 25.7 Å². The summed E-state index contributed by atoms with van der Waals surface area (Å²) in [5, 5.41) is 6.67. The summed E-state index contributed by atoms with van der Waals surface area (Å²) < 4.78 is 4.85. The average molecular weight is 252 g/mol. The lowest BCUT2D eigenvalue weighted by Gasteiger charge is -2.33. The third kappa shape index (κ3) is 2.53. The number of esters is 1. The van der Waals surface area contributed by atoms with Gasteiger partial charge in [-0.15, -0.1) is 5.10 Å². The molecule has 18 heavy (non-hydrogen) atoms. The Balaban J connectivity index is 2.12. The molecule has 3 N–H and O–H groups in total. The van der Waals surface area contributed by atoms with E-state index in [2.05, 4.69) is 22.1 Å². The van der Waals surface area contributed by atoms with Crippen LogP contribution in [-0.4, -0.2) is 27.8 Å². The first-order valence-electron chi connectivity index (χ1n) is 6.44. The van der Waals surface area contributed by atoms with Crippen LogP contribution in [0.3, 0.4) is 0 Å². The molecule has 1 aromatic rings. The number of nitrogens with one attached hydrogen (secondary N) is 1. The number of rotatable bonds is 3. The molecule has 100 valence electrons. The molecule has 0 radical (unpaired) electrons. The molecule has 0 bridgehead atoms. The smallest absolute Gasteiger partial charge is 0.378 e. The molecule has 0 spiro atoms. The van der Waals surface area contributed by atoms with Crippen LogP contribution in [0.4, 0.5) is 0 Å². The van der Waals surface area contributed by atoms with E-state index in [-0.39, 0.29) is 5.82 Å². The van der Waals surface area contributed by atoms with E-state index in [1.165, 1.54) is 0 Å². The monoisotopic (exact) mass is 252 g/mol. The van der Waals surface area contributed by atoms with Crippen LogP contribution in [0.1, 0.15) is 56.0 Å². The fourth-order valence-electron chi connectivity index (χ4n) is 2.29. The largest absolute Gasteiger partial charge is 0.460 e. The lowest BCUT2D eigenvalue weighted by molar-refractivity contribution is 0.0512. The molecule has 0 atom stereocenters. The van der Waals surface area contributed by atoms with Crippen molar-refractivity contribution in [2.24, 2.45) is 11.7 Å². The Morgan fingerprint density at radius 2 is 2.22 bits per heavy atom. The summed E-state index contributed by atoms with van der Waals surface area (Å²) in [7, 11) is 0. The van der Waals surface area contributed by atoms with Gasteiger partial charge in [0.15, 0.2) is 0 Å². The van der Waals surface area contributed by atoms with E-state index < -0.39 is 11.5 Å². The normalized spacial score (nSPS) is 28.1. The number of hydrogen-bond acceptors (Lipinski definition) is 5. The van der Waals surface area contributed by atoms with Crippen molar-refractivity contribution in [3.05, 3.63) is 11.6 Å². The average Bonchev–Trinajstić information content (AvgIpc) is 2.84. The first-order chi connectivity index (χ1) is 8.55. The van der Waals surface area contributed by atoms with Crippen LogP contribution in [-0.2, 0) is 10.3 Å². The zero-order valence-electron chi connectivity index (χ0n) is 10.9. The highest BCUT2D eigenvalue weighted by atomic mass is 16.5. The number of aromatic amines is 1. The van der Waals surface area contributed by atoms with Crippen molar-refractivity contribution in [1.82, 2.24) is 15.2 Å². The van der Waals surface area contributed by atoms with Crippen LogP contribution in [0, 0.1) is 5.92 Å². The zero-order chi connectivity index (χ0) is 13.2. The maximum Gasteiger partial charge on any atom is 0.378 e. The predicted octanol–water partition coefficient (Wildman–Crippen LogP) is 1.35. The van der Waals surface area contributed by atoms with Crippen molar-refractivity contribution in [1.29, 1.82) is 0 Å². The minimum absolute atomic E-state index is 0.0651. The van der Waals surface area contributed by atoms with E-state index >= 15 is 0 Å². The molecule has 0 unspecified atom stereocenters. The van der Waals surface area contributed by atoms with Crippen LogP contribution in [0.5, 0.6) is 0 Å². The maximum atomic E-state index is 11.5. The van der Waals surface area contributed by atoms with Crippen LogP contribution in [0.25, 0.3) is 0 Å². The fraction of sp³-hybridized carbons (Fsp3) is 0.750. The van der Waals surface area contributed by atoms with Crippen LogP contribution in [0.2, 0.25) is 0 Å². The highest BCUT2D eigenvalue weighted by molar-refractivity contribution is 5.84. The lowest BCUT2D eigenvalue weighted by atomic mass is 9.77. The van der Waals surface area contributed by atoms with Crippen molar-refractivity contribution in [2.45, 2.75) is 45.1 Å². The highest BCUT2D eigenvalue weighted by Gasteiger charge is 2.35. The SMILES string of the molecule is CCOC(=O)c1n[nH]c(C2(N)CCC(C)CC2)n1. The molecule has 6 heteroatoms. The molecular formula is C12H20N4O2. The standard InChI is InChI=1S/C12H20N4O2/c1-3-18-10(17)9-14-11(16-15-9)12(13)6-4-8(2)5-7-12/h8H,3-7,13H2,1-2H3,(H,14,15,16). The number of carbonyl (C=O) groups excluding carboxylic acids is 1. The number of carbonyl (C=O) groups is 1. The van der Waals surface area contributed by atoms with E-state index in [1.807, 2.05) is 0 Å². The Morgan fingerprint density at radius 3 is 2.83 bits per heavy atom. The number of H-pyrrole nitrogens is 1.